The van der Waals surface area contributed by atoms with Crippen LogP contribution in [-0.4, -0.2) is 30.2 Å². The van der Waals surface area contributed by atoms with Gasteiger partial charge in [0.1, 0.15) is 28.9 Å². The van der Waals surface area contributed by atoms with Crippen molar-refractivity contribution in [3.63, 3.8) is 0 Å². The van der Waals surface area contributed by atoms with Crippen LogP contribution in [0.15, 0.2) is 18.2 Å². The molecule has 0 aliphatic heterocycles. The van der Waals surface area contributed by atoms with Crippen LogP contribution in [-0.2, 0) is 15.1 Å². The summed E-state index contributed by atoms with van der Waals surface area (Å²) in [6.45, 7) is 6.71. The molecule has 6 nitrogen and oxygen atoms in total. The van der Waals surface area contributed by atoms with Crippen LogP contribution in [0.1, 0.15) is 33.3 Å². The second-order valence-electron chi connectivity index (χ2n) is 5.83. The monoisotopic (exact) mass is 295 g/mol. The zero-order chi connectivity index (χ0) is 16.3. The summed E-state index contributed by atoms with van der Waals surface area (Å²) in [7, 11) is 1.41. The molecule has 0 heterocycles. The van der Waals surface area contributed by atoms with Crippen molar-refractivity contribution in [1.29, 1.82) is 0 Å². The first-order valence-electron chi connectivity index (χ1n) is 6.46. The van der Waals surface area contributed by atoms with Gasteiger partial charge >= 0.3 is 6.09 Å². The lowest BCUT2D eigenvalue weighted by atomic mass is 9.92. The Balaban J connectivity index is 3.10. The highest BCUT2D eigenvalue weighted by Crippen LogP contribution is 2.31. The molecule has 6 heteroatoms. The molecule has 21 heavy (non-hydrogen) atoms. The molecule has 0 spiro atoms. The fourth-order valence-electron chi connectivity index (χ4n) is 1.78. The van der Waals surface area contributed by atoms with Gasteiger partial charge in [-0.1, -0.05) is 0 Å². The molecule has 0 saturated heterocycles. The summed E-state index contributed by atoms with van der Waals surface area (Å²) < 4.78 is 10.3. The minimum absolute atomic E-state index is 0.00103. The highest BCUT2D eigenvalue weighted by atomic mass is 16.6. The Bertz CT molecular complexity index is 535. The van der Waals surface area contributed by atoms with E-state index in [9.17, 15) is 14.7 Å². The Kier molecular flexibility index (Phi) is 4.83. The van der Waals surface area contributed by atoms with Crippen molar-refractivity contribution in [1.82, 2.24) is 5.32 Å². The third-order valence-corrected chi connectivity index (χ3v) is 2.74. The molecule has 0 fully saturated rings. The van der Waals surface area contributed by atoms with Crippen molar-refractivity contribution in [2.45, 2.75) is 38.8 Å². The smallest absolute Gasteiger partial charge is 0.408 e. The molecule has 116 valence electrons. The van der Waals surface area contributed by atoms with Gasteiger partial charge in [0.25, 0.3) is 0 Å². The van der Waals surface area contributed by atoms with Crippen molar-refractivity contribution in [2.24, 2.45) is 0 Å². The largest absolute Gasteiger partial charge is 0.508 e. The van der Waals surface area contributed by atoms with Gasteiger partial charge in [-0.25, -0.2) is 4.79 Å². The summed E-state index contributed by atoms with van der Waals surface area (Å²) >= 11 is 0. The molecule has 0 aliphatic carbocycles. The molecular weight excluding hydrogens is 274 g/mol. The van der Waals surface area contributed by atoms with E-state index in [-0.39, 0.29) is 5.75 Å². The maximum atomic E-state index is 11.9. The number of amides is 1. The summed E-state index contributed by atoms with van der Waals surface area (Å²) in [5.41, 5.74) is -1.59. The lowest BCUT2D eigenvalue weighted by Gasteiger charge is -2.29. The Morgan fingerprint density at radius 1 is 1.29 bits per heavy atom. The Morgan fingerprint density at radius 2 is 1.90 bits per heavy atom. The first-order chi connectivity index (χ1) is 9.61. The molecule has 1 aromatic rings. The summed E-state index contributed by atoms with van der Waals surface area (Å²) in [6, 6.07) is 4.30. The summed E-state index contributed by atoms with van der Waals surface area (Å²) in [6.07, 6.45) is -0.126. The summed E-state index contributed by atoms with van der Waals surface area (Å²) in [5.74, 6) is 0.293. The molecule has 2 N–H and O–H groups in total. The number of aromatic hydroxyl groups is 1. The van der Waals surface area contributed by atoms with Crippen LogP contribution < -0.4 is 10.1 Å². The van der Waals surface area contributed by atoms with E-state index in [1.807, 2.05) is 0 Å². The minimum Gasteiger partial charge on any atom is -0.508 e. The molecule has 1 rings (SSSR count). The van der Waals surface area contributed by atoms with E-state index in [0.717, 1.165) is 0 Å². The molecule has 0 radical (unpaired) electrons. The molecule has 0 aliphatic rings. The Labute approximate surface area is 124 Å². The van der Waals surface area contributed by atoms with Crippen LogP contribution in [0.2, 0.25) is 0 Å². The topological polar surface area (TPSA) is 84.9 Å². The second-order valence-corrected chi connectivity index (χ2v) is 5.83. The molecule has 0 bridgehead atoms. The summed E-state index contributed by atoms with van der Waals surface area (Å²) in [4.78, 5) is 23.4. The van der Waals surface area contributed by atoms with Crippen molar-refractivity contribution in [2.75, 3.05) is 7.11 Å². The lowest BCUT2D eigenvalue weighted by Crippen LogP contribution is -2.47. The summed E-state index contributed by atoms with van der Waals surface area (Å²) in [5, 5.41) is 12.0. The van der Waals surface area contributed by atoms with E-state index < -0.39 is 17.2 Å². The minimum atomic E-state index is -1.33. The molecule has 0 aromatic heterocycles. The van der Waals surface area contributed by atoms with Crippen LogP contribution in [0.25, 0.3) is 0 Å². The first kappa shape index (κ1) is 16.8. The van der Waals surface area contributed by atoms with E-state index in [1.54, 1.807) is 20.8 Å². The van der Waals surface area contributed by atoms with Gasteiger partial charge in [-0.2, -0.15) is 0 Å². The van der Waals surface area contributed by atoms with Crippen LogP contribution >= 0.6 is 0 Å². The third kappa shape index (κ3) is 4.37. The highest BCUT2D eigenvalue weighted by Gasteiger charge is 2.33. The van der Waals surface area contributed by atoms with Gasteiger partial charge < -0.3 is 24.7 Å². The number of hydrogen-bond donors (Lipinski definition) is 2. The molecule has 1 amide bonds. The van der Waals surface area contributed by atoms with Crippen LogP contribution in [0.5, 0.6) is 11.5 Å². The van der Waals surface area contributed by atoms with Crippen molar-refractivity contribution < 1.29 is 24.2 Å². The highest BCUT2D eigenvalue weighted by molar-refractivity contribution is 5.79. The van der Waals surface area contributed by atoms with E-state index in [2.05, 4.69) is 5.32 Å². The van der Waals surface area contributed by atoms with Crippen molar-refractivity contribution >= 4 is 12.4 Å². The zero-order valence-corrected chi connectivity index (χ0v) is 12.9. The fourth-order valence-corrected chi connectivity index (χ4v) is 1.78. The van der Waals surface area contributed by atoms with E-state index >= 15 is 0 Å². The number of aldehydes is 1. The van der Waals surface area contributed by atoms with E-state index in [1.165, 1.54) is 32.2 Å². The normalized spacial score (nSPS) is 14.0. The van der Waals surface area contributed by atoms with Gasteiger partial charge in [-0.3, -0.25) is 0 Å². The Morgan fingerprint density at radius 3 is 2.38 bits per heavy atom. The third-order valence-electron chi connectivity index (χ3n) is 2.74. The predicted molar refractivity (Wildman–Crippen MR) is 77.4 cm³/mol. The maximum Gasteiger partial charge on any atom is 0.408 e. The molecule has 0 saturated carbocycles. The number of carbonyl (C=O) groups excluding carboxylic acids is 2. The van der Waals surface area contributed by atoms with Gasteiger partial charge in [-0.05, 0) is 39.8 Å². The average molecular weight is 295 g/mol. The number of alkyl carbamates (subject to hydrolysis) is 1. The first-order valence-corrected chi connectivity index (χ1v) is 6.46. The van der Waals surface area contributed by atoms with Gasteiger partial charge in [0.05, 0.1) is 7.11 Å². The number of ether oxygens (including phenoxy) is 2. The van der Waals surface area contributed by atoms with Gasteiger partial charge in [0.15, 0.2) is 0 Å². The SMILES string of the molecule is COc1cc(O)ccc1C(C)(C=O)NC(=O)OC(C)(C)C. The number of nitrogens with one attached hydrogen (secondary N) is 1. The quantitative estimate of drug-likeness (QED) is 0.833. The number of phenols is 1. The number of rotatable bonds is 4. The number of carbonyl (C=O) groups is 2. The number of hydrogen-bond acceptors (Lipinski definition) is 5. The molecule has 1 unspecified atom stereocenters. The van der Waals surface area contributed by atoms with Gasteiger partial charge in [0, 0.05) is 11.6 Å². The molecular formula is C15H21NO5. The second kappa shape index (κ2) is 6.03. The van der Waals surface area contributed by atoms with E-state index in [0.29, 0.717) is 17.6 Å². The predicted octanol–water partition coefficient (Wildman–Crippen LogP) is 2.34. The molecule has 1 atom stereocenters. The standard InChI is InChI=1S/C15H21NO5/c1-14(2,3)21-13(19)16-15(4,9-17)11-7-6-10(18)8-12(11)20-5/h6-9,18H,1-5H3,(H,16,19). The fraction of sp³-hybridized carbons (Fsp3) is 0.467. The number of benzene rings is 1. The average Bonchev–Trinajstić information content (AvgIpc) is 2.35. The van der Waals surface area contributed by atoms with Crippen LogP contribution in [0.3, 0.4) is 0 Å². The number of phenolic OH excluding ortho intramolecular Hbond substituents is 1. The van der Waals surface area contributed by atoms with Crippen molar-refractivity contribution in [3.8, 4) is 11.5 Å². The lowest BCUT2D eigenvalue weighted by molar-refractivity contribution is -0.113. The molecule has 1 aromatic carbocycles. The zero-order valence-electron chi connectivity index (χ0n) is 12.9. The maximum absolute atomic E-state index is 11.9. The van der Waals surface area contributed by atoms with Gasteiger partial charge in [0.2, 0.25) is 0 Å². The van der Waals surface area contributed by atoms with Gasteiger partial charge in [-0.15, -0.1) is 0 Å². The van der Waals surface area contributed by atoms with E-state index in [4.69, 9.17) is 9.47 Å². The Hall–Kier alpha value is -2.24. The van der Waals surface area contributed by atoms with Crippen LogP contribution in [0.4, 0.5) is 4.79 Å². The number of methoxy groups -OCH3 is 1. The van der Waals surface area contributed by atoms with Crippen molar-refractivity contribution in [3.05, 3.63) is 23.8 Å². The van der Waals surface area contributed by atoms with Crippen LogP contribution in [0, 0.1) is 0 Å².